The van der Waals surface area contributed by atoms with Gasteiger partial charge in [0, 0.05) is 40.8 Å². The summed E-state index contributed by atoms with van der Waals surface area (Å²) in [6.45, 7) is 0. The predicted octanol–water partition coefficient (Wildman–Crippen LogP) is 5.81. The number of rotatable bonds is 5. The molecule has 0 aliphatic carbocycles. The molecule has 0 aliphatic rings. The van der Waals surface area contributed by atoms with Crippen LogP contribution in [0.15, 0.2) is 63.6 Å². The molecule has 6 nitrogen and oxygen atoms in total. The summed E-state index contributed by atoms with van der Waals surface area (Å²) >= 11 is 7.54. The van der Waals surface area contributed by atoms with Gasteiger partial charge in [-0.3, -0.25) is 4.79 Å². The van der Waals surface area contributed by atoms with Crippen LogP contribution >= 0.6 is 28.7 Å². The minimum atomic E-state index is -0.347. The van der Waals surface area contributed by atoms with Gasteiger partial charge >= 0.3 is 0 Å². The van der Waals surface area contributed by atoms with Crippen LogP contribution in [0.2, 0.25) is 0 Å². The summed E-state index contributed by atoms with van der Waals surface area (Å²) in [5.74, 6) is 0.540. The molecule has 1 amide bonds. The standard InChI is InChI=1S/C21H15BrFN3O3S/c1-24-21(27)19-14-8-15(22)16(26-30)9-17(14)29-20(19)11-2-7-18(25-10-11)28-13-5-3-12(23)4-6-13/h2-10,26,30H,1H3,(H,24,27). The SMILES string of the molecule is CNC(=O)c1c(-c2ccc(Oc3ccc(F)cc3)nc2)oc2cc(NS)c(Br)cc12. The number of nitrogens with zero attached hydrogens (tertiary/aromatic N) is 1. The number of fused-ring (bicyclic) bond motifs is 1. The van der Waals surface area contributed by atoms with E-state index in [1.807, 2.05) is 0 Å². The first kappa shape index (κ1) is 20.2. The van der Waals surface area contributed by atoms with E-state index in [-0.39, 0.29) is 11.7 Å². The molecule has 0 radical (unpaired) electrons. The molecule has 0 atom stereocenters. The number of anilines is 1. The highest BCUT2D eigenvalue weighted by Gasteiger charge is 2.23. The highest BCUT2D eigenvalue weighted by atomic mass is 79.9. The molecule has 0 fully saturated rings. The van der Waals surface area contributed by atoms with Crippen molar-refractivity contribution in [2.24, 2.45) is 0 Å². The van der Waals surface area contributed by atoms with Crippen LogP contribution in [-0.2, 0) is 0 Å². The summed E-state index contributed by atoms with van der Waals surface area (Å²) in [5.41, 5.74) is 2.23. The van der Waals surface area contributed by atoms with E-state index in [9.17, 15) is 9.18 Å². The second kappa shape index (κ2) is 8.37. The highest BCUT2D eigenvalue weighted by molar-refractivity contribution is 9.10. The van der Waals surface area contributed by atoms with Gasteiger partial charge in [-0.1, -0.05) is 12.8 Å². The smallest absolute Gasteiger partial charge is 0.255 e. The maximum atomic E-state index is 13.0. The Kier molecular flexibility index (Phi) is 5.65. The van der Waals surface area contributed by atoms with E-state index in [0.717, 1.165) is 4.47 Å². The molecule has 2 N–H and O–H groups in total. The molecule has 152 valence electrons. The van der Waals surface area contributed by atoms with Gasteiger partial charge in [-0.15, -0.1) is 0 Å². The fourth-order valence-corrected chi connectivity index (χ4v) is 3.73. The Morgan fingerprint density at radius 3 is 2.60 bits per heavy atom. The topological polar surface area (TPSA) is 76.4 Å². The molecule has 0 unspecified atom stereocenters. The molecule has 2 aromatic carbocycles. The zero-order chi connectivity index (χ0) is 21.3. The van der Waals surface area contributed by atoms with E-state index >= 15 is 0 Å². The molecule has 0 spiro atoms. The van der Waals surface area contributed by atoms with Gasteiger partial charge in [-0.25, -0.2) is 9.37 Å². The number of aromatic nitrogens is 1. The van der Waals surface area contributed by atoms with E-state index in [1.165, 1.54) is 24.3 Å². The van der Waals surface area contributed by atoms with Crippen molar-refractivity contribution >= 4 is 51.3 Å². The average Bonchev–Trinajstić information content (AvgIpc) is 3.12. The predicted molar refractivity (Wildman–Crippen MR) is 120 cm³/mol. The zero-order valence-corrected chi connectivity index (χ0v) is 18.1. The van der Waals surface area contributed by atoms with E-state index in [2.05, 4.69) is 43.8 Å². The first-order chi connectivity index (χ1) is 14.5. The number of halogens is 2. The van der Waals surface area contributed by atoms with Gasteiger partial charge in [-0.05, 0) is 52.3 Å². The first-order valence-electron chi connectivity index (χ1n) is 8.78. The van der Waals surface area contributed by atoms with Crippen molar-refractivity contribution in [1.82, 2.24) is 10.3 Å². The van der Waals surface area contributed by atoms with Crippen molar-refractivity contribution in [3.8, 4) is 23.0 Å². The lowest BCUT2D eigenvalue weighted by Gasteiger charge is -2.06. The number of benzene rings is 2. The number of furan rings is 1. The maximum absolute atomic E-state index is 13.0. The molecular weight excluding hydrogens is 473 g/mol. The van der Waals surface area contributed by atoms with Gasteiger partial charge < -0.3 is 19.2 Å². The van der Waals surface area contributed by atoms with Crippen LogP contribution in [0, 0.1) is 5.82 Å². The molecule has 0 saturated carbocycles. The first-order valence-corrected chi connectivity index (χ1v) is 10.0. The third kappa shape index (κ3) is 3.86. The Labute approximate surface area is 185 Å². The molecule has 2 aromatic heterocycles. The number of thiol groups is 1. The minimum absolute atomic E-state index is 0.283. The average molecular weight is 488 g/mol. The van der Waals surface area contributed by atoms with Gasteiger partial charge in [0.05, 0.1) is 11.3 Å². The Hall–Kier alpha value is -3.04. The van der Waals surface area contributed by atoms with E-state index < -0.39 is 0 Å². The van der Waals surface area contributed by atoms with E-state index in [0.29, 0.717) is 45.2 Å². The minimum Gasteiger partial charge on any atom is -0.455 e. The molecule has 2 heterocycles. The number of ether oxygens (including phenoxy) is 1. The monoisotopic (exact) mass is 487 g/mol. The molecule has 0 saturated heterocycles. The molecule has 4 rings (SSSR count). The van der Waals surface area contributed by atoms with Crippen molar-refractivity contribution in [2.75, 3.05) is 11.8 Å². The number of hydrogen-bond acceptors (Lipinski definition) is 6. The molecular formula is C21H15BrFN3O3S. The van der Waals surface area contributed by atoms with Crippen LogP contribution in [0.4, 0.5) is 10.1 Å². The normalized spacial score (nSPS) is 10.8. The Bertz CT molecular complexity index is 1230. The van der Waals surface area contributed by atoms with Crippen LogP contribution in [0.25, 0.3) is 22.3 Å². The molecule has 30 heavy (non-hydrogen) atoms. The van der Waals surface area contributed by atoms with Crippen LogP contribution in [0.5, 0.6) is 11.6 Å². The number of pyridine rings is 1. The highest BCUT2D eigenvalue weighted by Crippen LogP contribution is 2.38. The third-order valence-corrected chi connectivity index (χ3v) is 5.28. The second-order valence-electron chi connectivity index (χ2n) is 6.27. The number of carbonyl (C=O) groups excluding carboxylic acids is 1. The number of nitrogens with one attached hydrogen (secondary N) is 2. The second-order valence-corrected chi connectivity index (χ2v) is 7.34. The summed E-state index contributed by atoms with van der Waals surface area (Å²) in [6.07, 6.45) is 1.55. The molecule has 0 bridgehead atoms. The van der Waals surface area contributed by atoms with Crippen molar-refractivity contribution in [2.45, 2.75) is 0 Å². The molecule has 4 aromatic rings. The van der Waals surface area contributed by atoms with Gasteiger partial charge in [0.2, 0.25) is 5.88 Å². The maximum Gasteiger partial charge on any atom is 0.255 e. The van der Waals surface area contributed by atoms with Crippen molar-refractivity contribution < 1.29 is 18.3 Å². The molecule has 9 heteroatoms. The number of hydrogen-bond donors (Lipinski definition) is 3. The number of carbonyl (C=O) groups is 1. The summed E-state index contributed by atoms with van der Waals surface area (Å²) in [4.78, 5) is 16.9. The largest absolute Gasteiger partial charge is 0.455 e. The zero-order valence-electron chi connectivity index (χ0n) is 15.6. The van der Waals surface area contributed by atoms with Crippen LogP contribution in [-0.4, -0.2) is 17.9 Å². The Morgan fingerprint density at radius 2 is 1.97 bits per heavy atom. The Balaban J connectivity index is 1.74. The van der Waals surface area contributed by atoms with Crippen LogP contribution in [0.3, 0.4) is 0 Å². The van der Waals surface area contributed by atoms with E-state index in [1.54, 1.807) is 37.5 Å². The number of amides is 1. The lowest BCUT2D eigenvalue weighted by Crippen LogP contribution is -2.18. The van der Waals surface area contributed by atoms with Gasteiger partial charge in [0.1, 0.15) is 22.9 Å². The lowest BCUT2D eigenvalue weighted by molar-refractivity contribution is 0.0964. The molecule has 0 aliphatic heterocycles. The summed E-state index contributed by atoms with van der Waals surface area (Å²) in [6, 6.07) is 12.6. The van der Waals surface area contributed by atoms with Crippen LogP contribution < -0.4 is 14.8 Å². The van der Waals surface area contributed by atoms with Gasteiger partial charge in [0.15, 0.2) is 0 Å². The van der Waals surface area contributed by atoms with E-state index in [4.69, 9.17) is 9.15 Å². The lowest BCUT2D eigenvalue weighted by atomic mass is 10.1. The Morgan fingerprint density at radius 1 is 1.20 bits per heavy atom. The summed E-state index contributed by atoms with van der Waals surface area (Å²) in [5, 5.41) is 3.29. The van der Waals surface area contributed by atoms with Gasteiger partial charge in [-0.2, -0.15) is 0 Å². The summed E-state index contributed by atoms with van der Waals surface area (Å²) in [7, 11) is 1.56. The fraction of sp³-hybridized carbons (Fsp3) is 0.0476. The van der Waals surface area contributed by atoms with Crippen molar-refractivity contribution in [1.29, 1.82) is 0 Å². The van der Waals surface area contributed by atoms with Crippen molar-refractivity contribution in [3.05, 3.63) is 70.6 Å². The van der Waals surface area contributed by atoms with Gasteiger partial charge in [0.25, 0.3) is 5.91 Å². The fourth-order valence-electron chi connectivity index (χ4n) is 2.95. The third-order valence-electron chi connectivity index (χ3n) is 4.39. The quantitative estimate of drug-likeness (QED) is 0.310. The summed E-state index contributed by atoms with van der Waals surface area (Å²) < 4.78 is 28.2. The van der Waals surface area contributed by atoms with Crippen molar-refractivity contribution in [3.63, 3.8) is 0 Å². The van der Waals surface area contributed by atoms with Crippen LogP contribution in [0.1, 0.15) is 10.4 Å².